The van der Waals surface area contributed by atoms with E-state index in [1.165, 1.54) is 0 Å². The highest BCUT2D eigenvalue weighted by atomic mass is 35.5. The normalized spacial score (nSPS) is 11.0. The summed E-state index contributed by atoms with van der Waals surface area (Å²) in [7, 11) is 1.65. The lowest BCUT2D eigenvalue weighted by molar-refractivity contribution is 0.199. The largest absolute Gasteiger partial charge is 0.492 e. The summed E-state index contributed by atoms with van der Waals surface area (Å²) >= 11 is 6.16. The molecular weight excluding hydrogens is 364 g/mol. The van der Waals surface area contributed by atoms with Crippen LogP contribution in [0, 0.1) is 0 Å². The van der Waals surface area contributed by atoms with Gasteiger partial charge in [0, 0.05) is 30.8 Å². The van der Waals surface area contributed by atoms with Crippen LogP contribution in [0.5, 0.6) is 5.75 Å². The highest BCUT2D eigenvalue weighted by Gasteiger charge is 2.10. The summed E-state index contributed by atoms with van der Waals surface area (Å²) in [6, 6.07) is 17.1. The van der Waals surface area contributed by atoms with Crippen LogP contribution < -0.4 is 15.6 Å². The van der Waals surface area contributed by atoms with Gasteiger partial charge in [0.1, 0.15) is 12.4 Å². The topological polar surface area (TPSA) is 52.5 Å². The summed E-state index contributed by atoms with van der Waals surface area (Å²) in [6.45, 7) is 2.61. The molecule has 1 heterocycles. The number of benzene rings is 2. The zero-order valence-electron chi connectivity index (χ0n) is 15.3. The van der Waals surface area contributed by atoms with Crippen molar-refractivity contribution in [2.24, 2.45) is 0 Å². The quantitative estimate of drug-likeness (QED) is 0.572. The van der Waals surface area contributed by atoms with E-state index in [0.717, 1.165) is 16.7 Å². The first kappa shape index (κ1) is 19.4. The predicted octanol–water partition coefficient (Wildman–Crippen LogP) is 3.47. The van der Waals surface area contributed by atoms with Gasteiger partial charge in [0.25, 0.3) is 5.56 Å². The maximum Gasteiger partial charge on any atom is 0.255 e. The van der Waals surface area contributed by atoms with Gasteiger partial charge in [-0.15, -0.1) is 0 Å². The van der Waals surface area contributed by atoms with Gasteiger partial charge in [0.2, 0.25) is 0 Å². The van der Waals surface area contributed by atoms with Crippen LogP contribution in [-0.4, -0.2) is 31.4 Å². The average Bonchev–Trinajstić information content (AvgIpc) is 2.68. The molecule has 0 aliphatic carbocycles. The highest BCUT2D eigenvalue weighted by molar-refractivity contribution is 6.31. The third-order valence-electron chi connectivity index (χ3n) is 4.26. The standard InChI is InChI=1S/C21H23ClN2O3/c1-26-11-9-23-15-17-13-16-7-8-18(22)14-20(16)24(21(17)25)10-12-27-19-5-3-2-4-6-19/h2-8,13-14,23H,9-12,15H2,1H3. The van der Waals surface area contributed by atoms with E-state index in [1.807, 2.05) is 54.6 Å². The Morgan fingerprint density at radius 1 is 1.07 bits per heavy atom. The van der Waals surface area contributed by atoms with Gasteiger partial charge < -0.3 is 19.4 Å². The number of ether oxygens (including phenoxy) is 2. The molecule has 0 atom stereocenters. The monoisotopic (exact) mass is 386 g/mol. The molecule has 5 nitrogen and oxygen atoms in total. The molecule has 3 rings (SSSR count). The molecular formula is C21H23ClN2O3. The van der Waals surface area contributed by atoms with Crippen molar-refractivity contribution in [3.05, 3.63) is 75.5 Å². The number of rotatable bonds is 9. The number of aromatic nitrogens is 1. The minimum atomic E-state index is -0.0358. The van der Waals surface area contributed by atoms with Crippen LogP contribution in [-0.2, 0) is 17.8 Å². The molecule has 0 saturated heterocycles. The van der Waals surface area contributed by atoms with Gasteiger partial charge >= 0.3 is 0 Å². The fourth-order valence-electron chi connectivity index (χ4n) is 2.92. The van der Waals surface area contributed by atoms with E-state index in [9.17, 15) is 4.79 Å². The molecule has 1 N–H and O–H groups in total. The van der Waals surface area contributed by atoms with E-state index < -0.39 is 0 Å². The van der Waals surface area contributed by atoms with Gasteiger partial charge in [-0.2, -0.15) is 0 Å². The molecule has 0 bridgehead atoms. The molecule has 0 radical (unpaired) electrons. The Bertz CT molecular complexity index is 941. The Balaban J connectivity index is 1.84. The van der Waals surface area contributed by atoms with Crippen molar-refractivity contribution in [3.63, 3.8) is 0 Å². The minimum Gasteiger partial charge on any atom is -0.492 e. The Kier molecular flexibility index (Phi) is 6.87. The number of pyridine rings is 1. The van der Waals surface area contributed by atoms with Gasteiger partial charge in [-0.3, -0.25) is 4.79 Å². The Labute approximate surface area is 163 Å². The van der Waals surface area contributed by atoms with Crippen LogP contribution in [0.25, 0.3) is 10.9 Å². The molecule has 1 aromatic heterocycles. The molecule has 3 aromatic rings. The van der Waals surface area contributed by atoms with Crippen molar-refractivity contribution in [2.45, 2.75) is 13.1 Å². The van der Waals surface area contributed by atoms with Gasteiger partial charge in [-0.05, 0) is 35.7 Å². The van der Waals surface area contributed by atoms with Crippen molar-refractivity contribution in [2.75, 3.05) is 26.9 Å². The predicted molar refractivity (Wildman–Crippen MR) is 109 cm³/mol. The van der Waals surface area contributed by atoms with Crippen LogP contribution in [0.1, 0.15) is 5.56 Å². The lowest BCUT2D eigenvalue weighted by Crippen LogP contribution is -2.30. The van der Waals surface area contributed by atoms with E-state index >= 15 is 0 Å². The number of hydrogen-bond acceptors (Lipinski definition) is 4. The molecule has 6 heteroatoms. The number of fused-ring (bicyclic) bond motifs is 1. The summed E-state index contributed by atoms with van der Waals surface area (Å²) < 4.78 is 12.5. The molecule has 27 heavy (non-hydrogen) atoms. The second-order valence-corrected chi connectivity index (χ2v) is 6.60. The molecule has 142 valence electrons. The lowest BCUT2D eigenvalue weighted by atomic mass is 10.1. The smallest absolute Gasteiger partial charge is 0.255 e. The van der Waals surface area contributed by atoms with E-state index in [0.29, 0.717) is 43.4 Å². The second-order valence-electron chi connectivity index (χ2n) is 6.16. The summed E-state index contributed by atoms with van der Waals surface area (Å²) in [5.41, 5.74) is 1.48. The van der Waals surface area contributed by atoms with Gasteiger partial charge in [0.05, 0.1) is 18.7 Å². The molecule has 0 unspecified atom stereocenters. The first-order chi connectivity index (χ1) is 13.2. The van der Waals surface area contributed by atoms with Gasteiger partial charge in [0.15, 0.2) is 0 Å². The zero-order chi connectivity index (χ0) is 19.1. The fourth-order valence-corrected chi connectivity index (χ4v) is 3.09. The minimum absolute atomic E-state index is 0.0358. The van der Waals surface area contributed by atoms with Crippen LogP contribution in [0.2, 0.25) is 5.02 Å². The number of halogens is 1. The number of nitrogens with one attached hydrogen (secondary N) is 1. The molecule has 0 fully saturated rings. The summed E-state index contributed by atoms with van der Waals surface area (Å²) in [5, 5.41) is 4.81. The average molecular weight is 387 g/mol. The number of para-hydroxylation sites is 1. The van der Waals surface area contributed by atoms with Crippen molar-refractivity contribution in [3.8, 4) is 5.75 Å². The first-order valence-electron chi connectivity index (χ1n) is 8.88. The van der Waals surface area contributed by atoms with Crippen LogP contribution in [0.15, 0.2) is 59.4 Å². The lowest BCUT2D eigenvalue weighted by Gasteiger charge is -2.14. The summed E-state index contributed by atoms with van der Waals surface area (Å²) in [6.07, 6.45) is 0. The molecule has 0 spiro atoms. The van der Waals surface area contributed by atoms with Crippen molar-refractivity contribution < 1.29 is 9.47 Å². The first-order valence-corrected chi connectivity index (χ1v) is 9.26. The third kappa shape index (κ3) is 5.10. The van der Waals surface area contributed by atoms with Crippen molar-refractivity contribution in [1.29, 1.82) is 0 Å². The SMILES string of the molecule is COCCNCc1cc2ccc(Cl)cc2n(CCOc2ccccc2)c1=O. The molecule has 0 amide bonds. The van der Waals surface area contributed by atoms with Crippen molar-refractivity contribution >= 4 is 22.5 Å². The maximum atomic E-state index is 13.0. The van der Waals surface area contributed by atoms with E-state index in [1.54, 1.807) is 11.7 Å². The Hall–Kier alpha value is -2.34. The fraction of sp³-hybridized carbons (Fsp3) is 0.286. The molecule has 0 aliphatic heterocycles. The van der Waals surface area contributed by atoms with Gasteiger partial charge in [-0.25, -0.2) is 0 Å². The number of nitrogens with zero attached hydrogens (tertiary/aromatic N) is 1. The molecule has 0 saturated carbocycles. The van der Waals surface area contributed by atoms with Crippen LogP contribution in [0.4, 0.5) is 0 Å². The molecule has 0 aliphatic rings. The Morgan fingerprint density at radius 3 is 2.67 bits per heavy atom. The highest BCUT2D eigenvalue weighted by Crippen LogP contribution is 2.19. The van der Waals surface area contributed by atoms with E-state index in [4.69, 9.17) is 21.1 Å². The van der Waals surface area contributed by atoms with Gasteiger partial charge in [-0.1, -0.05) is 35.9 Å². The van der Waals surface area contributed by atoms with Crippen LogP contribution >= 0.6 is 11.6 Å². The number of methoxy groups -OCH3 is 1. The molecule has 2 aromatic carbocycles. The van der Waals surface area contributed by atoms with Crippen molar-refractivity contribution in [1.82, 2.24) is 9.88 Å². The third-order valence-corrected chi connectivity index (χ3v) is 4.49. The summed E-state index contributed by atoms with van der Waals surface area (Å²) in [5.74, 6) is 0.783. The second kappa shape index (κ2) is 9.55. The number of hydrogen-bond donors (Lipinski definition) is 1. The summed E-state index contributed by atoms with van der Waals surface area (Å²) in [4.78, 5) is 13.0. The van der Waals surface area contributed by atoms with E-state index in [2.05, 4.69) is 5.32 Å². The maximum absolute atomic E-state index is 13.0. The van der Waals surface area contributed by atoms with E-state index in [-0.39, 0.29) is 5.56 Å². The van der Waals surface area contributed by atoms with Crippen LogP contribution in [0.3, 0.4) is 0 Å². The Morgan fingerprint density at radius 2 is 1.89 bits per heavy atom. The zero-order valence-corrected chi connectivity index (χ0v) is 16.0.